The lowest BCUT2D eigenvalue weighted by atomic mass is 9.98. The molecule has 3 aromatic carbocycles. The number of carbonyl (C=O) groups is 1. The number of nitrogens with two attached hydrogens (primary N) is 1. The van der Waals surface area contributed by atoms with E-state index in [1.807, 2.05) is 0 Å². The van der Waals surface area contributed by atoms with Crippen molar-refractivity contribution in [3.05, 3.63) is 81.3 Å². The normalized spacial score (nSPS) is 10.8. The lowest BCUT2D eigenvalue weighted by Gasteiger charge is -2.13. The molecule has 0 heterocycles. The number of amides is 1. The second kappa shape index (κ2) is 8.68. The SMILES string of the molecule is NC(=O)COc1cc(Cl)c(Cc2ccc(O)c(-c3cc(F)cc(F)c3)c2)c(Cl)c1. The summed E-state index contributed by atoms with van der Waals surface area (Å²) in [5.41, 5.74) is 6.81. The molecule has 0 aliphatic carbocycles. The average Bonchev–Trinajstić information content (AvgIpc) is 2.63. The summed E-state index contributed by atoms with van der Waals surface area (Å²) < 4.78 is 32.3. The molecule has 0 saturated heterocycles. The van der Waals surface area contributed by atoms with E-state index in [0.29, 0.717) is 33.3 Å². The van der Waals surface area contributed by atoms with Crippen molar-refractivity contribution < 1.29 is 23.4 Å². The Morgan fingerprint density at radius 3 is 2.21 bits per heavy atom. The third-order valence-corrected chi connectivity index (χ3v) is 4.79. The summed E-state index contributed by atoms with van der Waals surface area (Å²) >= 11 is 12.6. The van der Waals surface area contributed by atoms with Gasteiger partial charge in [0.1, 0.15) is 23.1 Å². The number of halogens is 4. The number of hydrogen-bond donors (Lipinski definition) is 2. The first-order chi connectivity index (χ1) is 13.7. The molecular formula is C21H15Cl2F2NO3. The van der Waals surface area contributed by atoms with E-state index >= 15 is 0 Å². The van der Waals surface area contributed by atoms with E-state index in [9.17, 15) is 18.7 Å². The number of hydrogen-bond acceptors (Lipinski definition) is 3. The van der Waals surface area contributed by atoms with Crippen molar-refractivity contribution in [1.82, 2.24) is 0 Å². The zero-order valence-corrected chi connectivity index (χ0v) is 16.4. The van der Waals surface area contributed by atoms with Crippen LogP contribution in [0.25, 0.3) is 11.1 Å². The van der Waals surface area contributed by atoms with Crippen LogP contribution in [0.15, 0.2) is 48.5 Å². The molecule has 150 valence electrons. The minimum Gasteiger partial charge on any atom is -0.507 e. The Hall–Kier alpha value is -2.83. The van der Waals surface area contributed by atoms with E-state index in [-0.39, 0.29) is 23.5 Å². The van der Waals surface area contributed by atoms with Crippen molar-refractivity contribution in [2.24, 2.45) is 5.73 Å². The van der Waals surface area contributed by atoms with E-state index in [2.05, 4.69) is 0 Å². The van der Waals surface area contributed by atoms with Crippen LogP contribution in [-0.4, -0.2) is 17.6 Å². The fraction of sp³-hybridized carbons (Fsp3) is 0.0952. The van der Waals surface area contributed by atoms with Crippen molar-refractivity contribution in [2.75, 3.05) is 6.61 Å². The number of carbonyl (C=O) groups excluding carboxylic acids is 1. The Bertz CT molecular complexity index is 1050. The zero-order valence-electron chi connectivity index (χ0n) is 14.9. The van der Waals surface area contributed by atoms with Crippen molar-refractivity contribution in [2.45, 2.75) is 6.42 Å². The van der Waals surface area contributed by atoms with Gasteiger partial charge >= 0.3 is 0 Å². The highest BCUT2D eigenvalue weighted by Gasteiger charge is 2.13. The molecule has 8 heteroatoms. The first-order valence-electron chi connectivity index (χ1n) is 8.40. The highest BCUT2D eigenvalue weighted by Crippen LogP contribution is 2.35. The maximum atomic E-state index is 13.6. The predicted octanol–water partition coefficient (Wildman–Crippen LogP) is 5.10. The number of phenols is 1. The topological polar surface area (TPSA) is 72.6 Å². The van der Waals surface area contributed by atoms with Gasteiger partial charge < -0.3 is 15.6 Å². The molecule has 0 bridgehead atoms. The van der Waals surface area contributed by atoms with Crippen LogP contribution in [0.3, 0.4) is 0 Å². The molecule has 1 amide bonds. The van der Waals surface area contributed by atoms with E-state index < -0.39 is 17.5 Å². The first-order valence-corrected chi connectivity index (χ1v) is 9.16. The van der Waals surface area contributed by atoms with E-state index in [1.54, 1.807) is 12.1 Å². The molecule has 3 rings (SSSR count). The Morgan fingerprint density at radius 2 is 1.62 bits per heavy atom. The number of rotatable bonds is 6. The predicted molar refractivity (Wildman–Crippen MR) is 107 cm³/mol. The summed E-state index contributed by atoms with van der Waals surface area (Å²) in [5, 5.41) is 10.8. The molecule has 3 N–H and O–H groups in total. The summed E-state index contributed by atoms with van der Waals surface area (Å²) in [4.78, 5) is 10.8. The lowest BCUT2D eigenvalue weighted by Crippen LogP contribution is -2.20. The van der Waals surface area contributed by atoms with Crippen molar-refractivity contribution in [3.8, 4) is 22.6 Å². The Kier molecular flexibility index (Phi) is 6.25. The largest absolute Gasteiger partial charge is 0.507 e. The minimum absolute atomic E-state index is 0.119. The van der Waals surface area contributed by atoms with Gasteiger partial charge in [-0.3, -0.25) is 4.79 Å². The number of phenolic OH excluding ortho intramolecular Hbond substituents is 1. The average molecular weight is 438 g/mol. The van der Waals surface area contributed by atoms with Gasteiger partial charge in [-0.1, -0.05) is 29.3 Å². The molecule has 0 aliphatic rings. The van der Waals surface area contributed by atoms with Crippen LogP contribution in [0.4, 0.5) is 8.78 Å². The summed E-state index contributed by atoms with van der Waals surface area (Å²) in [6.07, 6.45) is 0.291. The van der Waals surface area contributed by atoms with Gasteiger partial charge in [-0.25, -0.2) is 8.78 Å². The van der Waals surface area contributed by atoms with E-state index in [1.165, 1.54) is 18.2 Å². The second-order valence-electron chi connectivity index (χ2n) is 6.31. The Morgan fingerprint density at radius 1 is 1.00 bits per heavy atom. The molecule has 0 unspecified atom stereocenters. The number of ether oxygens (including phenoxy) is 1. The van der Waals surface area contributed by atoms with Crippen LogP contribution in [0.2, 0.25) is 10.0 Å². The molecular weight excluding hydrogens is 423 g/mol. The molecule has 0 spiro atoms. The van der Waals surface area contributed by atoms with Crippen LogP contribution >= 0.6 is 23.2 Å². The molecule has 0 saturated carbocycles. The Labute approximate surface area is 175 Å². The van der Waals surface area contributed by atoms with E-state index in [0.717, 1.165) is 18.2 Å². The van der Waals surface area contributed by atoms with Gasteiger partial charge in [0, 0.05) is 28.1 Å². The van der Waals surface area contributed by atoms with Gasteiger partial charge in [0.2, 0.25) is 0 Å². The third-order valence-electron chi connectivity index (χ3n) is 4.11. The standard InChI is InChI=1S/C21H15Cl2F2NO3/c22-18-8-15(29-10-21(26)28)9-19(23)17(18)4-11-1-2-20(27)16(3-11)12-5-13(24)7-14(25)6-12/h1-3,5-9,27H,4,10H2,(H2,26,28). The highest BCUT2D eigenvalue weighted by molar-refractivity contribution is 6.36. The van der Waals surface area contributed by atoms with Gasteiger partial charge in [-0.15, -0.1) is 0 Å². The monoisotopic (exact) mass is 437 g/mol. The summed E-state index contributed by atoms with van der Waals surface area (Å²) in [7, 11) is 0. The van der Waals surface area contributed by atoms with Crippen LogP contribution in [-0.2, 0) is 11.2 Å². The summed E-state index contributed by atoms with van der Waals surface area (Å²) in [5.74, 6) is -1.95. The molecule has 4 nitrogen and oxygen atoms in total. The highest BCUT2D eigenvalue weighted by atomic mass is 35.5. The van der Waals surface area contributed by atoms with Gasteiger partial charge in [0.05, 0.1) is 0 Å². The van der Waals surface area contributed by atoms with E-state index in [4.69, 9.17) is 33.7 Å². The van der Waals surface area contributed by atoms with Crippen LogP contribution in [0.1, 0.15) is 11.1 Å². The summed E-state index contributed by atoms with van der Waals surface area (Å²) in [6.45, 7) is -0.308. The van der Waals surface area contributed by atoms with Crippen molar-refractivity contribution >= 4 is 29.1 Å². The van der Waals surface area contributed by atoms with Crippen LogP contribution in [0, 0.1) is 11.6 Å². The molecule has 3 aromatic rings. The second-order valence-corrected chi connectivity index (χ2v) is 7.12. The molecule has 0 fully saturated rings. The fourth-order valence-electron chi connectivity index (χ4n) is 2.82. The van der Waals surface area contributed by atoms with Gasteiger partial charge in [0.25, 0.3) is 5.91 Å². The Balaban J connectivity index is 1.92. The van der Waals surface area contributed by atoms with Crippen molar-refractivity contribution in [3.63, 3.8) is 0 Å². The minimum atomic E-state index is -0.748. The van der Waals surface area contributed by atoms with Gasteiger partial charge in [-0.05, 0) is 53.1 Å². The maximum absolute atomic E-state index is 13.6. The number of aromatic hydroxyl groups is 1. The molecule has 0 aromatic heterocycles. The van der Waals surface area contributed by atoms with Crippen LogP contribution in [0.5, 0.6) is 11.5 Å². The smallest absolute Gasteiger partial charge is 0.255 e. The van der Waals surface area contributed by atoms with Crippen molar-refractivity contribution in [1.29, 1.82) is 0 Å². The molecule has 0 aliphatic heterocycles. The fourth-order valence-corrected chi connectivity index (χ4v) is 3.42. The van der Waals surface area contributed by atoms with Crippen LogP contribution < -0.4 is 10.5 Å². The maximum Gasteiger partial charge on any atom is 0.255 e. The number of primary amides is 1. The van der Waals surface area contributed by atoms with Gasteiger partial charge in [-0.2, -0.15) is 0 Å². The first kappa shape index (κ1) is 20.9. The molecule has 29 heavy (non-hydrogen) atoms. The molecule has 0 atom stereocenters. The molecule has 0 radical (unpaired) electrons. The van der Waals surface area contributed by atoms with Gasteiger partial charge in [0.15, 0.2) is 6.61 Å². The quantitative estimate of drug-likeness (QED) is 0.563. The summed E-state index contributed by atoms with van der Waals surface area (Å²) in [6, 6.07) is 10.7. The lowest BCUT2D eigenvalue weighted by molar-refractivity contribution is -0.119. The zero-order chi connectivity index (χ0) is 21.1. The number of benzene rings is 3. The third kappa shape index (κ3) is 5.16.